The van der Waals surface area contributed by atoms with Crippen LogP contribution in [-0.2, 0) is 17.9 Å². The van der Waals surface area contributed by atoms with Crippen LogP contribution in [0.3, 0.4) is 0 Å². The molecule has 0 radical (unpaired) electrons. The van der Waals surface area contributed by atoms with Crippen LogP contribution in [0.4, 0.5) is 0 Å². The van der Waals surface area contributed by atoms with Gasteiger partial charge in [-0.1, -0.05) is 43.0 Å². The zero-order chi connectivity index (χ0) is 17.2. The maximum atomic E-state index is 12.6. The van der Waals surface area contributed by atoms with Gasteiger partial charge in [-0.05, 0) is 30.5 Å². The van der Waals surface area contributed by atoms with Crippen molar-refractivity contribution in [2.45, 2.75) is 57.4 Å². The molecule has 1 N–H and O–H groups in total. The first-order valence-corrected chi connectivity index (χ1v) is 9.30. The molecule has 1 fully saturated rings. The highest BCUT2D eigenvalue weighted by Gasteiger charge is 2.27. The lowest BCUT2D eigenvalue weighted by Crippen LogP contribution is -2.37. The fourth-order valence-electron chi connectivity index (χ4n) is 3.70. The maximum Gasteiger partial charge on any atom is 0.272 e. The molecule has 1 aromatic heterocycles. The van der Waals surface area contributed by atoms with E-state index in [1.54, 1.807) is 6.33 Å². The number of hydrogen-bond donors (Lipinski definition) is 1. The first-order chi connectivity index (χ1) is 12.2. The van der Waals surface area contributed by atoms with E-state index in [2.05, 4.69) is 10.3 Å². The van der Waals surface area contributed by atoms with Crippen molar-refractivity contribution in [2.24, 2.45) is 0 Å². The second-order valence-corrected chi connectivity index (χ2v) is 7.29. The number of carbonyl (C=O) groups excluding carboxylic acids is 1. The second kappa shape index (κ2) is 7.18. The number of nitrogens with one attached hydrogen (secondary N) is 1. The van der Waals surface area contributed by atoms with Crippen molar-refractivity contribution in [2.75, 3.05) is 0 Å². The number of carbonyl (C=O) groups is 1. The summed E-state index contributed by atoms with van der Waals surface area (Å²) < 4.78 is 8.01. The molecule has 0 saturated heterocycles. The molecular weight excluding hydrogens is 338 g/mol. The van der Waals surface area contributed by atoms with Crippen LogP contribution in [0.25, 0.3) is 0 Å². The van der Waals surface area contributed by atoms with Gasteiger partial charge in [-0.15, -0.1) is 0 Å². The van der Waals surface area contributed by atoms with Crippen molar-refractivity contribution in [3.05, 3.63) is 52.6 Å². The minimum atomic E-state index is -0.0748. The molecular formula is C19H22ClN3O2. The van der Waals surface area contributed by atoms with Gasteiger partial charge in [0.15, 0.2) is 5.69 Å². The molecule has 1 aromatic carbocycles. The predicted molar refractivity (Wildman–Crippen MR) is 95.5 cm³/mol. The van der Waals surface area contributed by atoms with Gasteiger partial charge in [0.05, 0.1) is 25.2 Å². The van der Waals surface area contributed by atoms with Gasteiger partial charge < -0.3 is 14.6 Å². The summed E-state index contributed by atoms with van der Waals surface area (Å²) in [7, 11) is 0. The number of benzene rings is 1. The summed E-state index contributed by atoms with van der Waals surface area (Å²) in [4.78, 5) is 16.9. The van der Waals surface area contributed by atoms with Gasteiger partial charge >= 0.3 is 0 Å². The Morgan fingerprint density at radius 2 is 1.96 bits per heavy atom. The minimum Gasteiger partial charge on any atom is -0.365 e. The topological polar surface area (TPSA) is 56.2 Å². The third-order valence-corrected chi connectivity index (χ3v) is 5.38. The summed E-state index contributed by atoms with van der Waals surface area (Å²) in [6.07, 6.45) is 7.49. The second-order valence-electron chi connectivity index (χ2n) is 6.85. The Morgan fingerprint density at radius 1 is 1.20 bits per heavy atom. The predicted octanol–water partition coefficient (Wildman–Crippen LogP) is 3.87. The van der Waals surface area contributed by atoms with Gasteiger partial charge in [0.1, 0.15) is 6.10 Å². The quantitative estimate of drug-likeness (QED) is 0.905. The number of nitrogens with zero attached hydrogens (tertiary/aromatic N) is 2. The molecule has 2 heterocycles. The number of fused-ring (bicyclic) bond motifs is 1. The Hall–Kier alpha value is -1.85. The number of amides is 1. The Kier molecular flexibility index (Phi) is 4.77. The van der Waals surface area contributed by atoms with Crippen LogP contribution in [0, 0.1) is 0 Å². The van der Waals surface area contributed by atoms with Gasteiger partial charge in [-0.3, -0.25) is 4.79 Å². The van der Waals surface area contributed by atoms with Crippen molar-refractivity contribution in [1.29, 1.82) is 0 Å². The summed E-state index contributed by atoms with van der Waals surface area (Å²) in [5.74, 6) is -0.0748. The van der Waals surface area contributed by atoms with Gasteiger partial charge in [0.2, 0.25) is 0 Å². The molecule has 2 aromatic rings. The van der Waals surface area contributed by atoms with E-state index in [9.17, 15) is 4.79 Å². The first-order valence-electron chi connectivity index (χ1n) is 8.92. The standard InChI is InChI=1S/C19H22ClN3O2/c20-14-8-6-13(7-9-14)17-10-23-12-21-18(16(23)11-25-17)19(24)22-15-4-2-1-3-5-15/h6-9,12,15,17H,1-5,10-11H2,(H,22,24). The number of rotatable bonds is 3. The minimum absolute atomic E-state index is 0.0479. The molecule has 1 aliphatic carbocycles. The summed E-state index contributed by atoms with van der Waals surface area (Å²) in [5.41, 5.74) is 2.44. The molecule has 5 nitrogen and oxygen atoms in total. The van der Waals surface area contributed by atoms with Crippen molar-refractivity contribution in [1.82, 2.24) is 14.9 Å². The van der Waals surface area contributed by atoms with Crippen LogP contribution < -0.4 is 5.32 Å². The number of ether oxygens (including phenoxy) is 1. The van der Waals surface area contributed by atoms with Gasteiger partial charge in [-0.2, -0.15) is 0 Å². The molecule has 0 bridgehead atoms. The van der Waals surface area contributed by atoms with Crippen LogP contribution in [0.5, 0.6) is 0 Å². The molecule has 1 unspecified atom stereocenters. The monoisotopic (exact) mass is 359 g/mol. The van der Waals surface area contributed by atoms with Crippen LogP contribution in [0.2, 0.25) is 5.02 Å². The van der Waals surface area contributed by atoms with Gasteiger partial charge in [0.25, 0.3) is 5.91 Å². The van der Waals surface area contributed by atoms with E-state index < -0.39 is 0 Å². The number of hydrogen-bond acceptors (Lipinski definition) is 3. The average Bonchev–Trinajstić information content (AvgIpc) is 3.06. The van der Waals surface area contributed by atoms with Crippen LogP contribution >= 0.6 is 11.6 Å². The lowest BCUT2D eigenvalue weighted by molar-refractivity contribution is 0.00256. The Labute approximate surface area is 152 Å². The maximum absolute atomic E-state index is 12.6. The normalized spacial score (nSPS) is 20.9. The Bertz CT molecular complexity index is 751. The molecule has 6 heteroatoms. The summed E-state index contributed by atoms with van der Waals surface area (Å²) in [5, 5.41) is 3.85. The molecule has 1 atom stereocenters. The third kappa shape index (κ3) is 3.58. The molecule has 1 amide bonds. The van der Waals surface area contributed by atoms with Crippen LogP contribution in [-0.4, -0.2) is 21.5 Å². The molecule has 0 spiro atoms. The van der Waals surface area contributed by atoms with Crippen LogP contribution in [0.1, 0.15) is 60.0 Å². The number of halogens is 1. The molecule has 4 rings (SSSR count). The molecule has 25 heavy (non-hydrogen) atoms. The van der Waals surface area contributed by atoms with E-state index in [1.807, 2.05) is 28.8 Å². The summed E-state index contributed by atoms with van der Waals surface area (Å²) in [6, 6.07) is 7.97. The zero-order valence-electron chi connectivity index (χ0n) is 14.1. The summed E-state index contributed by atoms with van der Waals surface area (Å²) in [6.45, 7) is 1.04. The van der Waals surface area contributed by atoms with E-state index >= 15 is 0 Å². The lowest BCUT2D eigenvalue weighted by Gasteiger charge is -2.26. The fraction of sp³-hybridized carbons (Fsp3) is 0.474. The Balaban J connectivity index is 1.46. The van der Waals surface area contributed by atoms with E-state index in [1.165, 1.54) is 19.3 Å². The highest BCUT2D eigenvalue weighted by atomic mass is 35.5. The largest absolute Gasteiger partial charge is 0.365 e. The SMILES string of the molecule is O=C(NC1CCCCC1)c1ncn2c1COC(c1ccc(Cl)cc1)C2. The van der Waals surface area contributed by atoms with E-state index in [0.29, 0.717) is 23.9 Å². The summed E-state index contributed by atoms with van der Waals surface area (Å²) >= 11 is 5.95. The lowest BCUT2D eigenvalue weighted by atomic mass is 9.95. The molecule has 1 aliphatic heterocycles. The number of imidazole rings is 1. The molecule has 2 aliphatic rings. The fourth-order valence-corrected chi connectivity index (χ4v) is 3.82. The number of aromatic nitrogens is 2. The highest BCUT2D eigenvalue weighted by Crippen LogP contribution is 2.28. The first kappa shape index (κ1) is 16.6. The third-order valence-electron chi connectivity index (χ3n) is 5.13. The van der Waals surface area contributed by atoms with E-state index in [4.69, 9.17) is 16.3 Å². The smallest absolute Gasteiger partial charge is 0.272 e. The highest BCUT2D eigenvalue weighted by molar-refractivity contribution is 6.30. The van der Waals surface area contributed by atoms with Crippen molar-refractivity contribution in [3.63, 3.8) is 0 Å². The van der Waals surface area contributed by atoms with E-state index in [-0.39, 0.29) is 18.1 Å². The van der Waals surface area contributed by atoms with Gasteiger partial charge in [-0.25, -0.2) is 4.98 Å². The van der Waals surface area contributed by atoms with E-state index in [0.717, 1.165) is 24.1 Å². The zero-order valence-corrected chi connectivity index (χ0v) is 14.8. The van der Waals surface area contributed by atoms with Crippen molar-refractivity contribution in [3.8, 4) is 0 Å². The molecule has 132 valence electrons. The Morgan fingerprint density at radius 3 is 2.72 bits per heavy atom. The van der Waals surface area contributed by atoms with Gasteiger partial charge in [0, 0.05) is 11.1 Å². The van der Waals surface area contributed by atoms with Crippen molar-refractivity contribution < 1.29 is 9.53 Å². The van der Waals surface area contributed by atoms with Crippen molar-refractivity contribution >= 4 is 17.5 Å². The average molecular weight is 360 g/mol. The van der Waals surface area contributed by atoms with Crippen LogP contribution in [0.15, 0.2) is 30.6 Å². The molecule has 1 saturated carbocycles.